The van der Waals surface area contributed by atoms with E-state index in [1.807, 2.05) is 27.7 Å². The standard InChI is InChI=1S/C18H28N2O4S/c1-5-6-17(21)19-11-13-20(14-12-19)25(22,23)16-9-7-15(8-10-16)24-18(2,3)4/h7-10H,5-6,11-14H2,1-4H3. The first-order chi connectivity index (χ1) is 11.6. The van der Waals surface area contributed by atoms with Gasteiger partial charge in [0.25, 0.3) is 0 Å². The van der Waals surface area contributed by atoms with E-state index in [9.17, 15) is 13.2 Å². The lowest BCUT2D eigenvalue weighted by Gasteiger charge is -2.34. The number of amides is 1. The number of sulfonamides is 1. The van der Waals surface area contributed by atoms with Gasteiger partial charge in [-0.25, -0.2) is 8.42 Å². The molecule has 0 saturated carbocycles. The Balaban J connectivity index is 2.03. The zero-order valence-corrected chi connectivity index (χ0v) is 16.3. The summed E-state index contributed by atoms with van der Waals surface area (Å²) in [6.45, 7) is 9.35. The minimum Gasteiger partial charge on any atom is -0.488 e. The van der Waals surface area contributed by atoms with E-state index in [1.165, 1.54) is 4.31 Å². The number of rotatable bonds is 5. The summed E-state index contributed by atoms with van der Waals surface area (Å²) in [4.78, 5) is 13.9. The zero-order valence-electron chi connectivity index (χ0n) is 15.5. The second-order valence-electron chi connectivity index (χ2n) is 7.22. The van der Waals surface area contributed by atoms with Crippen LogP contribution in [0, 0.1) is 0 Å². The van der Waals surface area contributed by atoms with E-state index in [1.54, 1.807) is 29.2 Å². The Labute approximate surface area is 150 Å². The molecule has 7 heteroatoms. The third kappa shape index (κ3) is 5.19. The fourth-order valence-corrected chi connectivity index (χ4v) is 4.15. The van der Waals surface area contributed by atoms with Crippen LogP contribution in [0.1, 0.15) is 40.5 Å². The molecule has 0 bridgehead atoms. The molecule has 0 atom stereocenters. The maximum Gasteiger partial charge on any atom is 0.243 e. The average molecular weight is 368 g/mol. The Morgan fingerprint density at radius 2 is 1.64 bits per heavy atom. The van der Waals surface area contributed by atoms with Crippen LogP contribution in [-0.2, 0) is 14.8 Å². The Morgan fingerprint density at radius 3 is 2.12 bits per heavy atom. The van der Waals surface area contributed by atoms with Gasteiger partial charge in [-0.1, -0.05) is 6.92 Å². The summed E-state index contributed by atoms with van der Waals surface area (Å²) in [6, 6.07) is 6.51. The van der Waals surface area contributed by atoms with Gasteiger partial charge in [-0.15, -0.1) is 0 Å². The molecule has 0 radical (unpaired) electrons. The number of carbonyl (C=O) groups excluding carboxylic acids is 1. The molecule has 0 spiro atoms. The van der Waals surface area contributed by atoms with E-state index in [-0.39, 0.29) is 16.4 Å². The van der Waals surface area contributed by atoms with Crippen LogP contribution in [0.25, 0.3) is 0 Å². The number of carbonyl (C=O) groups is 1. The van der Waals surface area contributed by atoms with E-state index < -0.39 is 10.0 Å². The molecule has 1 aromatic carbocycles. The van der Waals surface area contributed by atoms with Crippen LogP contribution in [-0.4, -0.2) is 55.3 Å². The Morgan fingerprint density at radius 1 is 1.08 bits per heavy atom. The van der Waals surface area contributed by atoms with Crippen molar-refractivity contribution in [2.75, 3.05) is 26.2 Å². The minimum absolute atomic E-state index is 0.100. The fourth-order valence-electron chi connectivity index (χ4n) is 2.73. The number of ether oxygens (including phenoxy) is 1. The molecule has 2 rings (SSSR count). The number of benzene rings is 1. The Hall–Kier alpha value is -1.60. The molecule has 1 fully saturated rings. The molecule has 1 aromatic rings. The molecular formula is C18H28N2O4S. The van der Waals surface area contributed by atoms with Crippen molar-refractivity contribution in [2.24, 2.45) is 0 Å². The van der Waals surface area contributed by atoms with Crippen LogP contribution in [0.5, 0.6) is 5.75 Å². The summed E-state index contributed by atoms with van der Waals surface area (Å²) >= 11 is 0. The number of piperazine rings is 1. The van der Waals surface area contributed by atoms with Crippen molar-refractivity contribution in [3.63, 3.8) is 0 Å². The number of nitrogens with zero attached hydrogens (tertiary/aromatic N) is 2. The summed E-state index contributed by atoms with van der Waals surface area (Å²) in [5, 5.41) is 0. The Bertz CT molecular complexity index is 685. The molecule has 0 unspecified atom stereocenters. The zero-order chi connectivity index (χ0) is 18.7. The normalized spacial score (nSPS) is 16.7. The van der Waals surface area contributed by atoms with Gasteiger partial charge in [0.2, 0.25) is 15.9 Å². The monoisotopic (exact) mass is 368 g/mol. The molecule has 0 aromatic heterocycles. The summed E-state index contributed by atoms with van der Waals surface area (Å²) in [5.41, 5.74) is -0.332. The summed E-state index contributed by atoms with van der Waals surface area (Å²) in [6.07, 6.45) is 1.32. The van der Waals surface area contributed by atoms with Crippen LogP contribution >= 0.6 is 0 Å². The van der Waals surface area contributed by atoms with Crippen LogP contribution in [0.15, 0.2) is 29.2 Å². The van der Waals surface area contributed by atoms with E-state index in [0.717, 1.165) is 6.42 Å². The van der Waals surface area contributed by atoms with E-state index in [4.69, 9.17) is 4.74 Å². The van der Waals surface area contributed by atoms with Gasteiger partial charge in [0.1, 0.15) is 11.4 Å². The van der Waals surface area contributed by atoms with Gasteiger partial charge < -0.3 is 9.64 Å². The Kier molecular flexibility index (Phi) is 6.11. The SMILES string of the molecule is CCCC(=O)N1CCN(S(=O)(=O)c2ccc(OC(C)(C)C)cc2)CC1. The van der Waals surface area contributed by atoms with Crippen LogP contribution in [0.3, 0.4) is 0 Å². The lowest BCUT2D eigenvalue weighted by atomic mass is 10.2. The van der Waals surface area contributed by atoms with Gasteiger partial charge in [0, 0.05) is 32.6 Å². The van der Waals surface area contributed by atoms with Crippen molar-refractivity contribution in [1.29, 1.82) is 0 Å². The third-order valence-electron chi connectivity index (χ3n) is 3.94. The van der Waals surface area contributed by atoms with Crippen molar-refractivity contribution >= 4 is 15.9 Å². The van der Waals surface area contributed by atoms with Crippen molar-refractivity contribution in [3.8, 4) is 5.75 Å². The van der Waals surface area contributed by atoms with E-state index >= 15 is 0 Å². The van der Waals surface area contributed by atoms with Gasteiger partial charge in [0.05, 0.1) is 4.90 Å². The van der Waals surface area contributed by atoms with Crippen LogP contribution in [0.4, 0.5) is 0 Å². The molecule has 1 saturated heterocycles. The van der Waals surface area contributed by atoms with Crippen molar-refractivity contribution in [3.05, 3.63) is 24.3 Å². The van der Waals surface area contributed by atoms with Gasteiger partial charge in [-0.2, -0.15) is 4.31 Å². The molecule has 140 valence electrons. The maximum atomic E-state index is 12.8. The maximum absolute atomic E-state index is 12.8. The predicted molar refractivity (Wildman–Crippen MR) is 97.1 cm³/mol. The summed E-state index contributed by atoms with van der Waals surface area (Å²) < 4.78 is 32.7. The summed E-state index contributed by atoms with van der Waals surface area (Å²) in [7, 11) is -3.54. The first-order valence-corrected chi connectivity index (χ1v) is 10.1. The largest absolute Gasteiger partial charge is 0.488 e. The van der Waals surface area contributed by atoms with Gasteiger partial charge >= 0.3 is 0 Å². The fraction of sp³-hybridized carbons (Fsp3) is 0.611. The molecule has 0 N–H and O–H groups in total. The molecule has 1 amide bonds. The van der Waals surface area contributed by atoms with Crippen molar-refractivity contribution < 1.29 is 17.9 Å². The van der Waals surface area contributed by atoms with Crippen LogP contribution in [0.2, 0.25) is 0 Å². The highest BCUT2D eigenvalue weighted by Gasteiger charge is 2.29. The second-order valence-corrected chi connectivity index (χ2v) is 9.16. The third-order valence-corrected chi connectivity index (χ3v) is 5.85. The quantitative estimate of drug-likeness (QED) is 0.801. The topological polar surface area (TPSA) is 66.9 Å². The highest BCUT2D eigenvalue weighted by molar-refractivity contribution is 7.89. The van der Waals surface area contributed by atoms with Gasteiger partial charge in [0.15, 0.2) is 0 Å². The van der Waals surface area contributed by atoms with Crippen molar-refractivity contribution in [2.45, 2.75) is 51.0 Å². The molecule has 1 aliphatic rings. The van der Waals surface area contributed by atoms with Crippen LogP contribution < -0.4 is 4.74 Å². The molecular weight excluding hydrogens is 340 g/mol. The van der Waals surface area contributed by atoms with E-state index in [0.29, 0.717) is 38.3 Å². The first kappa shape index (κ1) is 19.7. The molecule has 1 aliphatic heterocycles. The average Bonchev–Trinajstić information content (AvgIpc) is 2.54. The van der Waals surface area contributed by atoms with Gasteiger partial charge in [-0.05, 0) is 51.5 Å². The lowest BCUT2D eigenvalue weighted by Crippen LogP contribution is -2.50. The number of hydrogen-bond donors (Lipinski definition) is 0. The van der Waals surface area contributed by atoms with Gasteiger partial charge in [-0.3, -0.25) is 4.79 Å². The molecule has 0 aliphatic carbocycles. The number of hydrogen-bond acceptors (Lipinski definition) is 4. The predicted octanol–water partition coefficient (Wildman–Crippen LogP) is 2.50. The lowest BCUT2D eigenvalue weighted by molar-refractivity contribution is -0.132. The molecule has 25 heavy (non-hydrogen) atoms. The molecule has 6 nitrogen and oxygen atoms in total. The second kappa shape index (κ2) is 7.74. The van der Waals surface area contributed by atoms with Crippen molar-refractivity contribution in [1.82, 2.24) is 9.21 Å². The molecule has 1 heterocycles. The first-order valence-electron chi connectivity index (χ1n) is 8.70. The highest BCUT2D eigenvalue weighted by atomic mass is 32.2. The smallest absolute Gasteiger partial charge is 0.243 e. The minimum atomic E-state index is -3.54. The highest BCUT2D eigenvalue weighted by Crippen LogP contribution is 2.23. The van der Waals surface area contributed by atoms with E-state index in [2.05, 4.69) is 0 Å². The summed E-state index contributed by atoms with van der Waals surface area (Å²) in [5.74, 6) is 0.740.